The number of carbonyl (C=O) groups is 3. The van der Waals surface area contributed by atoms with Crippen LogP contribution in [0.15, 0.2) is 18.2 Å². The van der Waals surface area contributed by atoms with Gasteiger partial charge in [0.25, 0.3) is 5.91 Å². The van der Waals surface area contributed by atoms with Crippen molar-refractivity contribution in [3.05, 3.63) is 29.8 Å². The molecule has 4 amide bonds. The molecule has 0 bridgehead atoms. The van der Waals surface area contributed by atoms with E-state index in [0.29, 0.717) is 38.4 Å². The number of nitrogens with one attached hydrogen (secondary N) is 3. The molecule has 4 rings (SSSR count). The predicted octanol–water partition coefficient (Wildman–Crippen LogP) is 0.826. The van der Waals surface area contributed by atoms with Crippen molar-refractivity contribution in [3.63, 3.8) is 0 Å². The quantitative estimate of drug-likeness (QED) is 0.596. The van der Waals surface area contributed by atoms with Gasteiger partial charge in [-0.3, -0.25) is 14.9 Å². The van der Waals surface area contributed by atoms with Crippen LogP contribution in [0.2, 0.25) is 0 Å². The van der Waals surface area contributed by atoms with E-state index in [9.17, 15) is 23.2 Å². The number of urea groups is 1. The maximum absolute atomic E-state index is 13.6. The number of amides is 4. The lowest BCUT2D eigenvalue weighted by atomic mass is 9.74. The number of carbonyl (C=O) groups excluding carboxylic acids is 3. The average molecular weight is 435 g/mol. The lowest BCUT2D eigenvalue weighted by Crippen LogP contribution is -2.65. The molecule has 0 aliphatic carbocycles. The summed E-state index contributed by atoms with van der Waals surface area (Å²) in [6.45, 7) is 6.27. The molecule has 8 nitrogen and oxygen atoms in total. The molecular formula is C21H27F2N5O3. The number of nitrogens with zero attached hydrogens (tertiary/aromatic N) is 2. The summed E-state index contributed by atoms with van der Waals surface area (Å²) in [6, 6.07) is 3.20. The molecule has 168 valence electrons. The smallest absolute Gasteiger partial charge is 0.322 e. The van der Waals surface area contributed by atoms with Gasteiger partial charge in [-0.25, -0.2) is 13.6 Å². The molecule has 3 saturated heterocycles. The van der Waals surface area contributed by atoms with Gasteiger partial charge in [-0.2, -0.15) is 0 Å². The Morgan fingerprint density at radius 1 is 1.23 bits per heavy atom. The summed E-state index contributed by atoms with van der Waals surface area (Å²) in [5, 5.41) is 8.20. The van der Waals surface area contributed by atoms with Crippen LogP contribution in [0, 0.1) is 23.5 Å². The van der Waals surface area contributed by atoms with Crippen LogP contribution in [-0.2, 0) is 9.59 Å². The van der Waals surface area contributed by atoms with Crippen LogP contribution in [-0.4, -0.2) is 67.0 Å². The SMILES string of the molecule is C[C@@H](C[C@@]1(C2CNC2)NC(=O)NC1=O)C(=O)N1CCN(c2ccc(F)c(F)c2)[C@@H](C)C1. The van der Waals surface area contributed by atoms with Crippen molar-refractivity contribution in [2.24, 2.45) is 11.8 Å². The second-order valence-corrected chi connectivity index (χ2v) is 8.77. The van der Waals surface area contributed by atoms with Crippen molar-refractivity contribution in [1.29, 1.82) is 0 Å². The van der Waals surface area contributed by atoms with E-state index in [1.165, 1.54) is 12.1 Å². The minimum Gasteiger partial charge on any atom is -0.365 e. The van der Waals surface area contributed by atoms with E-state index in [0.717, 1.165) is 6.07 Å². The molecule has 3 heterocycles. The van der Waals surface area contributed by atoms with Crippen LogP contribution in [0.1, 0.15) is 20.3 Å². The monoisotopic (exact) mass is 435 g/mol. The Hall–Kier alpha value is -2.75. The van der Waals surface area contributed by atoms with E-state index >= 15 is 0 Å². The van der Waals surface area contributed by atoms with E-state index in [1.807, 2.05) is 11.8 Å². The lowest BCUT2D eigenvalue weighted by molar-refractivity contribution is -0.138. The average Bonchev–Trinajstić information content (AvgIpc) is 2.95. The van der Waals surface area contributed by atoms with Crippen LogP contribution in [0.3, 0.4) is 0 Å². The molecule has 31 heavy (non-hydrogen) atoms. The molecule has 10 heteroatoms. The van der Waals surface area contributed by atoms with Crippen molar-refractivity contribution in [2.75, 3.05) is 37.6 Å². The Labute approximate surface area is 179 Å². The second-order valence-electron chi connectivity index (χ2n) is 8.77. The molecule has 0 spiro atoms. The van der Waals surface area contributed by atoms with Crippen LogP contribution >= 0.6 is 0 Å². The van der Waals surface area contributed by atoms with Crippen molar-refractivity contribution in [2.45, 2.75) is 31.8 Å². The van der Waals surface area contributed by atoms with Gasteiger partial charge >= 0.3 is 6.03 Å². The van der Waals surface area contributed by atoms with Gasteiger partial charge in [-0.1, -0.05) is 6.92 Å². The summed E-state index contributed by atoms with van der Waals surface area (Å²) in [4.78, 5) is 41.2. The fourth-order valence-electron chi connectivity index (χ4n) is 4.83. The zero-order valence-corrected chi connectivity index (χ0v) is 17.6. The highest BCUT2D eigenvalue weighted by atomic mass is 19.2. The molecular weight excluding hydrogens is 408 g/mol. The number of hydrogen-bond donors (Lipinski definition) is 3. The lowest BCUT2D eigenvalue weighted by Gasteiger charge is -2.44. The van der Waals surface area contributed by atoms with Crippen molar-refractivity contribution >= 4 is 23.5 Å². The van der Waals surface area contributed by atoms with E-state index in [1.54, 1.807) is 11.8 Å². The molecule has 0 saturated carbocycles. The number of rotatable bonds is 5. The molecule has 0 unspecified atom stereocenters. The largest absolute Gasteiger partial charge is 0.365 e. The molecule has 3 N–H and O–H groups in total. The van der Waals surface area contributed by atoms with Gasteiger partial charge < -0.3 is 20.4 Å². The van der Waals surface area contributed by atoms with E-state index in [4.69, 9.17) is 0 Å². The Kier molecular flexibility index (Phi) is 5.59. The fraction of sp³-hybridized carbons (Fsp3) is 0.571. The van der Waals surface area contributed by atoms with E-state index in [-0.39, 0.29) is 30.2 Å². The number of piperazine rings is 1. The summed E-state index contributed by atoms with van der Waals surface area (Å²) < 4.78 is 26.9. The number of benzene rings is 1. The van der Waals surface area contributed by atoms with Crippen LogP contribution < -0.4 is 20.9 Å². The van der Waals surface area contributed by atoms with E-state index < -0.39 is 29.1 Å². The number of imide groups is 1. The van der Waals surface area contributed by atoms with Crippen LogP contribution in [0.4, 0.5) is 19.3 Å². The third kappa shape index (κ3) is 3.84. The second kappa shape index (κ2) is 8.07. The Morgan fingerprint density at radius 3 is 2.52 bits per heavy atom. The third-order valence-corrected chi connectivity index (χ3v) is 6.67. The molecule has 0 aromatic heterocycles. The molecule has 1 aromatic carbocycles. The summed E-state index contributed by atoms with van der Waals surface area (Å²) in [5.74, 6) is -2.77. The van der Waals surface area contributed by atoms with Crippen molar-refractivity contribution in [1.82, 2.24) is 20.9 Å². The summed E-state index contributed by atoms with van der Waals surface area (Å²) in [7, 11) is 0. The maximum Gasteiger partial charge on any atom is 0.322 e. The third-order valence-electron chi connectivity index (χ3n) is 6.67. The number of anilines is 1. The first-order chi connectivity index (χ1) is 14.7. The van der Waals surface area contributed by atoms with Gasteiger partial charge in [0.05, 0.1) is 0 Å². The van der Waals surface area contributed by atoms with Gasteiger partial charge in [0.2, 0.25) is 5.91 Å². The summed E-state index contributed by atoms with van der Waals surface area (Å²) in [5.41, 5.74) is -0.496. The zero-order chi connectivity index (χ0) is 22.3. The van der Waals surface area contributed by atoms with Gasteiger partial charge in [0.15, 0.2) is 11.6 Å². The topological polar surface area (TPSA) is 93.8 Å². The highest BCUT2D eigenvalue weighted by molar-refractivity contribution is 6.07. The fourth-order valence-corrected chi connectivity index (χ4v) is 4.83. The standard InChI is InChI=1S/C21H27F2N5O3/c1-12(8-21(14-9-24-10-14)19(30)25-20(31)26-21)18(29)27-5-6-28(13(2)11-27)15-3-4-16(22)17(23)7-15/h3-4,7,12-14,24H,5-6,8-11H2,1-2H3,(H2,25,26,30,31)/t12-,13-,21-/m0/s1. The summed E-state index contributed by atoms with van der Waals surface area (Å²) >= 11 is 0. The van der Waals surface area contributed by atoms with Crippen LogP contribution in [0.25, 0.3) is 0 Å². The Bertz CT molecular complexity index is 909. The first-order valence-corrected chi connectivity index (χ1v) is 10.6. The first kappa shape index (κ1) is 21.5. The van der Waals surface area contributed by atoms with Crippen molar-refractivity contribution in [3.8, 4) is 0 Å². The van der Waals surface area contributed by atoms with Crippen LogP contribution in [0.5, 0.6) is 0 Å². The van der Waals surface area contributed by atoms with E-state index in [2.05, 4.69) is 16.0 Å². The highest BCUT2D eigenvalue weighted by Gasteiger charge is 2.54. The zero-order valence-electron chi connectivity index (χ0n) is 17.6. The Balaban J connectivity index is 1.42. The molecule has 1 aromatic rings. The van der Waals surface area contributed by atoms with Gasteiger partial charge in [-0.05, 0) is 25.5 Å². The number of halogens is 2. The summed E-state index contributed by atoms with van der Waals surface area (Å²) in [6.07, 6.45) is 0.230. The molecule has 3 atom stereocenters. The minimum absolute atomic E-state index is 0.0571. The highest BCUT2D eigenvalue weighted by Crippen LogP contribution is 2.33. The minimum atomic E-state index is -1.07. The molecule has 3 fully saturated rings. The molecule has 3 aliphatic rings. The van der Waals surface area contributed by atoms with Crippen molar-refractivity contribution < 1.29 is 23.2 Å². The van der Waals surface area contributed by atoms with Gasteiger partial charge in [0, 0.05) is 62.4 Å². The number of hydrogen-bond acceptors (Lipinski definition) is 5. The molecule has 0 radical (unpaired) electrons. The first-order valence-electron chi connectivity index (χ1n) is 10.6. The van der Waals surface area contributed by atoms with Gasteiger partial charge in [-0.15, -0.1) is 0 Å². The van der Waals surface area contributed by atoms with Gasteiger partial charge in [0.1, 0.15) is 5.54 Å². The predicted molar refractivity (Wildman–Crippen MR) is 109 cm³/mol. The Morgan fingerprint density at radius 2 is 1.97 bits per heavy atom. The maximum atomic E-state index is 13.6. The normalized spacial score (nSPS) is 27.5. The molecule has 3 aliphatic heterocycles.